The van der Waals surface area contributed by atoms with Crippen molar-refractivity contribution in [2.24, 2.45) is 11.7 Å². The molecule has 2 atom stereocenters. The van der Waals surface area contributed by atoms with Crippen LogP contribution in [0, 0.1) is 11.3 Å². The molecule has 0 spiro atoms. The predicted molar refractivity (Wildman–Crippen MR) is 104 cm³/mol. The van der Waals surface area contributed by atoms with Gasteiger partial charge in [0.05, 0.1) is 11.3 Å². The number of nitrogens with one attached hydrogen (secondary N) is 3. The van der Waals surface area contributed by atoms with E-state index in [2.05, 4.69) is 22.8 Å². The molecule has 2 aliphatic rings. The van der Waals surface area contributed by atoms with Crippen molar-refractivity contribution in [3.63, 3.8) is 0 Å². The molecule has 5 heteroatoms. The monoisotopic (exact) mass is 348 g/mol. The van der Waals surface area contributed by atoms with Crippen molar-refractivity contribution in [2.45, 2.75) is 24.8 Å². The third-order valence-corrected chi connectivity index (χ3v) is 5.64. The normalized spacial score (nSPS) is 23.2. The third-order valence-electron chi connectivity index (χ3n) is 5.64. The molecular weight excluding hydrogens is 324 g/mol. The number of hydrogen-bond donors (Lipinski definition) is 4. The minimum atomic E-state index is -0.486. The highest BCUT2D eigenvalue weighted by Crippen LogP contribution is 2.40. The predicted octanol–water partition coefficient (Wildman–Crippen LogP) is 2.73. The molecule has 26 heavy (non-hydrogen) atoms. The number of nitrogens with two attached hydrogens (primary N) is 1. The fourth-order valence-corrected chi connectivity index (χ4v) is 4.39. The van der Waals surface area contributed by atoms with E-state index >= 15 is 0 Å². The first-order chi connectivity index (χ1) is 12.7. The van der Waals surface area contributed by atoms with Crippen molar-refractivity contribution in [3.8, 4) is 0 Å². The van der Waals surface area contributed by atoms with E-state index in [4.69, 9.17) is 11.1 Å². The van der Waals surface area contributed by atoms with Crippen LogP contribution in [0.2, 0.25) is 0 Å². The van der Waals surface area contributed by atoms with Gasteiger partial charge in [-0.25, -0.2) is 0 Å². The van der Waals surface area contributed by atoms with Crippen LogP contribution in [-0.2, 0) is 0 Å². The van der Waals surface area contributed by atoms with Gasteiger partial charge in [0.25, 0.3) is 0 Å². The zero-order valence-corrected chi connectivity index (χ0v) is 14.7. The summed E-state index contributed by atoms with van der Waals surface area (Å²) < 4.78 is 0. The number of amides is 1. The van der Waals surface area contributed by atoms with Crippen LogP contribution in [0.25, 0.3) is 0 Å². The van der Waals surface area contributed by atoms with Gasteiger partial charge >= 0.3 is 0 Å². The molecule has 0 aliphatic carbocycles. The van der Waals surface area contributed by atoms with Crippen LogP contribution < -0.4 is 16.4 Å². The number of fused-ring (bicyclic) bond motifs is 1. The second kappa shape index (κ2) is 6.92. The molecule has 1 fully saturated rings. The van der Waals surface area contributed by atoms with Crippen LogP contribution >= 0.6 is 0 Å². The van der Waals surface area contributed by atoms with Crippen LogP contribution in [0.5, 0.6) is 0 Å². The molecule has 0 saturated carbocycles. The standard InChI is InChI=1S/C21H24N4O/c22-19-17(13-5-2-1-3-6-13)20(14-9-11-24-12-10-14)25-16-8-4-7-15(18(16)19)21(23)26/h1-8,14,17,20,22,24-25H,9-12H2,(H2,23,26). The van der Waals surface area contributed by atoms with E-state index in [1.54, 1.807) is 6.07 Å². The summed E-state index contributed by atoms with van der Waals surface area (Å²) in [4.78, 5) is 11.9. The first-order valence-electron chi connectivity index (χ1n) is 9.20. The van der Waals surface area contributed by atoms with Crippen LogP contribution in [0.1, 0.15) is 40.2 Å². The Balaban J connectivity index is 1.83. The molecule has 0 radical (unpaired) electrons. The van der Waals surface area contributed by atoms with E-state index in [1.807, 2.05) is 30.3 Å². The summed E-state index contributed by atoms with van der Waals surface area (Å²) in [6.45, 7) is 2.01. The molecule has 0 bridgehead atoms. The number of benzene rings is 2. The SMILES string of the molecule is N=C1c2c(cccc2C(N)=O)NC(C2CCNCC2)C1c1ccccc1. The van der Waals surface area contributed by atoms with Crippen molar-refractivity contribution >= 4 is 17.3 Å². The molecule has 2 aromatic carbocycles. The third kappa shape index (κ3) is 2.88. The number of carbonyl (C=O) groups is 1. The molecule has 1 amide bonds. The topological polar surface area (TPSA) is 91.0 Å². The van der Waals surface area contributed by atoms with Gasteiger partial charge < -0.3 is 21.8 Å². The molecule has 0 aromatic heterocycles. The van der Waals surface area contributed by atoms with Gasteiger partial charge in [-0.05, 0) is 49.5 Å². The van der Waals surface area contributed by atoms with E-state index in [-0.39, 0.29) is 12.0 Å². The minimum Gasteiger partial charge on any atom is -0.380 e. The van der Waals surface area contributed by atoms with Gasteiger partial charge in [0, 0.05) is 23.2 Å². The Hall–Kier alpha value is -2.66. The van der Waals surface area contributed by atoms with Gasteiger partial charge in [-0.15, -0.1) is 0 Å². The maximum Gasteiger partial charge on any atom is 0.249 e. The first kappa shape index (κ1) is 16.8. The molecular formula is C21H24N4O. The van der Waals surface area contributed by atoms with Crippen molar-refractivity contribution in [1.29, 1.82) is 5.41 Å². The second-order valence-corrected chi connectivity index (χ2v) is 7.15. The zero-order chi connectivity index (χ0) is 18.1. The molecule has 2 aliphatic heterocycles. The maximum absolute atomic E-state index is 11.9. The van der Waals surface area contributed by atoms with E-state index in [0.717, 1.165) is 37.2 Å². The van der Waals surface area contributed by atoms with Gasteiger partial charge in [-0.3, -0.25) is 4.79 Å². The molecule has 5 nitrogen and oxygen atoms in total. The Labute approximate surface area is 153 Å². The van der Waals surface area contributed by atoms with E-state index in [9.17, 15) is 4.79 Å². The largest absolute Gasteiger partial charge is 0.380 e. The first-order valence-corrected chi connectivity index (χ1v) is 9.20. The van der Waals surface area contributed by atoms with Crippen molar-refractivity contribution in [2.75, 3.05) is 18.4 Å². The van der Waals surface area contributed by atoms with Gasteiger partial charge in [0.15, 0.2) is 0 Å². The van der Waals surface area contributed by atoms with Gasteiger partial charge in [0.1, 0.15) is 0 Å². The number of primary amides is 1. The van der Waals surface area contributed by atoms with Crippen LogP contribution in [0.3, 0.4) is 0 Å². The van der Waals surface area contributed by atoms with Gasteiger partial charge in [-0.1, -0.05) is 36.4 Å². The lowest BCUT2D eigenvalue weighted by Crippen LogP contribution is -2.46. The quantitative estimate of drug-likeness (QED) is 0.687. The Bertz CT molecular complexity index is 827. The summed E-state index contributed by atoms with van der Waals surface area (Å²) in [5.74, 6) is -0.0972. The summed E-state index contributed by atoms with van der Waals surface area (Å²) in [5.41, 5.74) is 9.11. The van der Waals surface area contributed by atoms with Gasteiger partial charge in [0.2, 0.25) is 5.91 Å². The van der Waals surface area contributed by atoms with Crippen molar-refractivity contribution in [3.05, 3.63) is 65.2 Å². The smallest absolute Gasteiger partial charge is 0.249 e. The zero-order valence-electron chi connectivity index (χ0n) is 14.7. The van der Waals surface area contributed by atoms with E-state index in [0.29, 0.717) is 22.8 Å². The summed E-state index contributed by atoms with van der Waals surface area (Å²) in [7, 11) is 0. The lowest BCUT2D eigenvalue weighted by Gasteiger charge is -2.42. The highest BCUT2D eigenvalue weighted by Gasteiger charge is 2.40. The number of hydrogen-bond acceptors (Lipinski definition) is 4. The number of rotatable bonds is 3. The fourth-order valence-electron chi connectivity index (χ4n) is 4.39. The maximum atomic E-state index is 11.9. The van der Waals surface area contributed by atoms with Crippen LogP contribution in [0.15, 0.2) is 48.5 Å². The highest BCUT2D eigenvalue weighted by molar-refractivity contribution is 6.16. The summed E-state index contributed by atoms with van der Waals surface area (Å²) in [5, 5.41) is 16.1. The van der Waals surface area contributed by atoms with E-state index < -0.39 is 5.91 Å². The lowest BCUT2D eigenvalue weighted by atomic mass is 9.72. The van der Waals surface area contributed by atoms with Crippen molar-refractivity contribution in [1.82, 2.24) is 5.32 Å². The number of carbonyl (C=O) groups excluding carboxylic acids is 1. The van der Waals surface area contributed by atoms with E-state index in [1.165, 1.54) is 0 Å². The molecule has 2 unspecified atom stereocenters. The van der Waals surface area contributed by atoms with Crippen LogP contribution in [-0.4, -0.2) is 30.8 Å². The average Bonchev–Trinajstić information content (AvgIpc) is 2.68. The lowest BCUT2D eigenvalue weighted by molar-refractivity contribution is 0.1000. The molecule has 2 aromatic rings. The molecule has 134 valence electrons. The van der Waals surface area contributed by atoms with Crippen molar-refractivity contribution < 1.29 is 4.79 Å². The minimum absolute atomic E-state index is 0.0905. The average molecular weight is 348 g/mol. The highest BCUT2D eigenvalue weighted by atomic mass is 16.1. The number of piperidine rings is 1. The Morgan fingerprint density at radius 2 is 1.77 bits per heavy atom. The molecule has 4 rings (SSSR count). The fraction of sp³-hybridized carbons (Fsp3) is 0.333. The molecule has 1 saturated heterocycles. The molecule has 2 heterocycles. The second-order valence-electron chi connectivity index (χ2n) is 7.15. The Morgan fingerprint density at radius 3 is 2.46 bits per heavy atom. The number of anilines is 1. The van der Waals surface area contributed by atoms with Gasteiger partial charge in [-0.2, -0.15) is 0 Å². The molecule has 5 N–H and O–H groups in total. The summed E-state index contributed by atoms with van der Waals surface area (Å²) >= 11 is 0. The Morgan fingerprint density at radius 1 is 1.04 bits per heavy atom. The van der Waals surface area contributed by atoms with Crippen LogP contribution in [0.4, 0.5) is 5.69 Å². The summed E-state index contributed by atoms with van der Waals surface area (Å²) in [6, 6.07) is 15.8. The Kier molecular flexibility index (Phi) is 4.47. The summed E-state index contributed by atoms with van der Waals surface area (Å²) in [6.07, 6.45) is 2.16.